The van der Waals surface area contributed by atoms with E-state index in [1.165, 1.54) is 25.3 Å². The number of nitrogens with one attached hydrogen (secondary N) is 1. The predicted molar refractivity (Wildman–Crippen MR) is 77.5 cm³/mol. The van der Waals surface area contributed by atoms with Gasteiger partial charge in [0.2, 0.25) is 0 Å². The fourth-order valence-corrected chi connectivity index (χ4v) is 3.19. The molecule has 20 heavy (non-hydrogen) atoms. The molecule has 1 aromatic rings. The lowest BCUT2D eigenvalue weighted by Gasteiger charge is -2.22. The summed E-state index contributed by atoms with van der Waals surface area (Å²) in [5.74, 6) is 2.03. The van der Waals surface area contributed by atoms with Gasteiger partial charge in [0, 0.05) is 12.1 Å². The molecule has 0 aliphatic carbocycles. The van der Waals surface area contributed by atoms with Crippen LogP contribution in [-0.4, -0.2) is 35.5 Å². The van der Waals surface area contributed by atoms with Crippen LogP contribution in [0.25, 0.3) is 0 Å². The first-order valence-corrected chi connectivity index (χ1v) is 7.48. The average molecular weight is 296 g/mol. The van der Waals surface area contributed by atoms with E-state index in [2.05, 4.69) is 5.32 Å². The molecular formula is C13H16N2O4S. The van der Waals surface area contributed by atoms with Crippen molar-refractivity contribution in [1.29, 1.82) is 0 Å². The fourth-order valence-electron chi connectivity index (χ4n) is 2.09. The molecule has 1 aliphatic rings. The van der Waals surface area contributed by atoms with Gasteiger partial charge in [0.25, 0.3) is 11.6 Å². The molecule has 1 fully saturated rings. The largest absolute Gasteiger partial charge is 0.497 e. The van der Waals surface area contributed by atoms with Crippen LogP contribution in [0.3, 0.4) is 0 Å². The molecule has 1 heterocycles. The van der Waals surface area contributed by atoms with Crippen molar-refractivity contribution in [2.24, 2.45) is 0 Å². The first-order valence-electron chi connectivity index (χ1n) is 6.33. The van der Waals surface area contributed by atoms with Gasteiger partial charge in [-0.15, -0.1) is 0 Å². The van der Waals surface area contributed by atoms with Crippen LogP contribution in [0.4, 0.5) is 5.69 Å². The number of nitrogens with zero attached hydrogens (tertiary/aromatic N) is 1. The summed E-state index contributed by atoms with van der Waals surface area (Å²) < 4.78 is 5.02. The number of carbonyl (C=O) groups is 1. The third kappa shape index (κ3) is 3.41. The highest BCUT2D eigenvalue weighted by Gasteiger charge is 2.24. The summed E-state index contributed by atoms with van der Waals surface area (Å²) in [6.45, 7) is 0. The minimum Gasteiger partial charge on any atom is -0.497 e. The maximum atomic E-state index is 12.2. The number of methoxy groups -OCH3 is 1. The Balaban J connectivity index is 2.20. The Labute approximate surface area is 121 Å². The van der Waals surface area contributed by atoms with Crippen molar-refractivity contribution in [2.75, 3.05) is 18.6 Å². The molecule has 1 aromatic carbocycles. The van der Waals surface area contributed by atoms with Gasteiger partial charge < -0.3 is 10.1 Å². The summed E-state index contributed by atoms with van der Waals surface area (Å²) in [7, 11) is 1.46. The van der Waals surface area contributed by atoms with E-state index in [-0.39, 0.29) is 17.3 Å². The summed E-state index contributed by atoms with van der Waals surface area (Å²) in [4.78, 5) is 22.7. The van der Waals surface area contributed by atoms with Crippen molar-refractivity contribution in [3.05, 3.63) is 33.9 Å². The molecule has 1 saturated heterocycles. The number of carbonyl (C=O) groups excluding carboxylic acids is 1. The van der Waals surface area contributed by atoms with Crippen LogP contribution in [0.5, 0.6) is 5.75 Å². The van der Waals surface area contributed by atoms with E-state index >= 15 is 0 Å². The molecule has 0 radical (unpaired) electrons. The Kier molecular flexibility index (Phi) is 4.84. The van der Waals surface area contributed by atoms with Crippen LogP contribution < -0.4 is 10.1 Å². The monoisotopic (exact) mass is 296 g/mol. The van der Waals surface area contributed by atoms with Crippen molar-refractivity contribution >= 4 is 23.4 Å². The lowest BCUT2D eigenvalue weighted by Crippen LogP contribution is -2.37. The summed E-state index contributed by atoms with van der Waals surface area (Å²) in [5.41, 5.74) is -0.152. The predicted octanol–water partition coefficient (Wildman–Crippen LogP) is 2.23. The minimum atomic E-state index is -0.551. The van der Waals surface area contributed by atoms with Gasteiger partial charge in [-0.2, -0.15) is 11.8 Å². The van der Waals surface area contributed by atoms with Crippen LogP contribution in [0.1, 0.15) is 23.2 Å². The quantitative estimate of drug-likeness (QED) is 0.680. The summed E-state index contributed by atoms with van der Waals surface area (Å²) in [6, 6.07) is 4.27. The molecule has 1 aliphatic heterocycles. The number of amides is 1. The van der Waals surface area contributed by atoms with Crippen LogP contribution in [-0.2, 0) is 0 Å². The van der Waals surface area contributed by atoms with Gasteiger partial charge >= 0.3 is 0 Å². The standard InChI is InChI=1S/C13H16N2O4S/c1-19-10-2-3-12(15(17)18)11(8-10)13(16)14-9-4-6-20-7-5-9/h2-3,8-9H,4-7H2,1H3,(H,14,16). The van der Waals surface area contributed by atoms with Crippen molar-refractivity contribution in [3.8, 4) is 5.75 Å². The van der Waals surface area contributed by atoms with E-state index in [9.17, 15) is 14.9 Å². The van der Waals surface area contributed by atoms with Gasteiger partial charge in [-0.05, 0) is 36.5 Å². The van der Waals surface area contributed by atoms with Gasteiger partial charge in [0.15, 0.2) is 0 Å². The number of rotatable bonds is 4. The fraction of sp³-hybridized carbons (Fsp3) is 0.462. The van der Waals surface area contributed by atoms with E-state index in [4.69, 9.17) is 4.74 Å². The van der Waals surface area contributed by atoms with Crippen molar-refractivity contribution < 1.29 is 14.5 Å². The second-order valence-electron chi connectivity index (χ2n) is 4.50. The molecule has 0 aromatic heterocycles. The summed E-state index contributed by atoms with van der Waals surface area (Å²) >= 11 is 1.86. The Morgan fingerprint density at radius 2 is 2.15 bits per heavy atom. The van der Waals surface area contributed by atoms with Crippen LogP contribution >= 0.6 is 11.8 Å². The Morgan fingerprint density at radius 3 is 2.75 bits per heavy atom. The summed E-state index contributed by atoms with van der Waals surface area (Å²) in [5, 5.41) is 13.9. The van der Waals surface area contributed by atoms with Crippen molar-refractivity contribution in [3.63, 3.8) is 0 Å². The Morgan fingerprint density at radius 1 is 1.45 bits per heavy atom. The highest BCUT2D eigenvalue weighted by atomic mass is 32.2. The molecule has 0 unspecified atom stereocenters. The molecule has 0 bridgehead atoms. The molecule has 2 rings (SSSR count). The average Bonchev–Trinajstić information content (AvgIpc) is 2.47. The maximum absolute atomic E-state index is 12.2. The van der Waals surface area contributed by atoms with E-state index in [1.807, 2.05) is 11.8 Å². The first kappa shape index (κ1) is 14.6. The SMILES string of the molecule is COc1ccc([N+](=O)[O-])c(C(=O)NC2CCSCC2)c1. The third-order valence-electron chi connectivity index (χ3n) is 3.20. The number of ether oxygens (including phenoxy) is 1. The van der Waals surface area contributed by atoms with Gasteiger partial charge in [-0.3, -0.25) is 14.9 Å². The summed E-state index contributed by atoms with van der Waals surface area (Å²) in [6.07, 6.45) is 1.79. The second kappa shape index (κ2) is 6.60. The van der Waals surface area contributed by atoms with E-state index in [1.54, 1.807) is 0 Å². The third-order valence-corrected chi connectivity index (χ3v) is 4.25. The van der Waals surface area contributed by atoms with Crippen molar-refractivity contribution in [2.45, 2.75) is 18.9 Å². The molecule has 7 heteroatoms. The van der Waals surface area contributed by atoms with E-state index < -0.39 is 10.8 Å². The molecule has 0 atom stereocenters. The number of nitro benzene ring substituents is 1. The zero-order valence-electron chi connectivity index (χ0n) is 11.1. The van der Waals surface area contributed by atoms with E-state index in [0.717, 1.165) is 24.3 Å². The number of nitro groups is 1. The normalized spacial score (nSPS) is 15.7. The van der Waals surface area contributed by atoms with Crippen LogP contribution in [0, 0.1) is 10.1 Å². The maximum Gasteiger partial charge on any atom is 0.282 e. The van der Waals surface area contributed by atoms with Gasteiger partial charge in [-0.1, -0.05) is 0 Å². The molecule has 108 valence electrons. The lowest BCUT2D eigenvalue weighted by molar-refractivity contribution is -0.385. The number of hydrogen-bond donors (Lipinski definition) is 1. The zero-order valence-corrected chi connectivity index (χ0v) is 11.9. The Hall–Kier alpha value is -1.76. The number of thioether (sulfide) groups is 1. The number of benzene rings is 1. The number of hydrogen-bond acceptors (Lipinski definition) is 5. The molecule has 0 saturated carbocycles. The molecule has 1 N–H and O–H groups in total. The smallest absolute Gasteiger partial charge is 0.282 e. The van der Waals surface area contributed by atoms with Gasteiger partial charge in [0.05, 0.1) is 12.0 Å². The zero-order chi connectivity index (χ0) is 14.5. The molecular weight excluding hydrogens is 280 g/mol. The van der Waals surface area contributed by atoms with Gasteiger partial charge in [0.1, 0.15) is 11.3 Å². The Bertz CT molecular complexity index is 515. The highest BCUT2D eigenvalue weighted by Crippen LogP contribution is 2.25. The van der Waals surface area contributed by atoms with Crippen LogP contribution in [0.15, 0.2) is 18.2 Å². The van der Waals surface area contributed by atoms with E-state index in [0.29, 0.717) is 5.75 Å². The molecule has 6 nitrogen and oxygen atoms in total. The topological polar surface area (TPSA) is 81.5 Å². The van der Waals surface area contributed by atoms with Crippen LogP contribution in [0.2, 0.25) is 0 Å². The van der Waals surface area contributed by atoms with Crippen molar-refractivity contribution in [1.82, 2.24) is 5.32 Å². The second-order valence-corrected chi connectivity index (χ2v) is 5.73. The minimum absolute atomic E-state index is 0.0487. The molecule has 1 amide bonds. The lowest BCUT2D eigenvalue weighted by atomic mass is 10.1. The first-order chi connectivity index (χ1) is 9.61. The van der Waals surface area contributed by atoms with Gasteiger partial charge in [-0.25, -0.2) is 0 Å². The molecule has 0 spiro atoms. The highest BCUT2D eigenvalue weighted by molar-refractivity contribution is 7.99.